The lowest BCUT2D eigenvalue weighted by Gasteiger charge is -2.52. The molecule has 2 N–H and O–H groups in total. The third-order valence-corrected chi connectivity index (χ3v) is 4.55. The fraction of sp³-hybridized carbons (Fsp3) is 0.800. The van der Waals surface area contributed by atoms with Crippen molar-refractivity contribution in [1.82, 2.24) is 9.55 Å². The van der Waals surface area contributed by atoms with E-state index < -0.39 is 0 Å². The summed E-state index contributed by atoms with van der Waals surface area (Å²) in [6.45, 7) is 8.92. The van der Waals surface area contributed by atoms with Crippen molar-refractivity contribution in [3.8, 4) is 0 Å². The molecule has 1 aromatic rings. The maximum atomic E-state index is 6.32. The largest absolute Gasteiger partial charge is 0.381 e. The van der Waals surface area contributed by atoms with Crippen molar-refractivity contribution in [3.05, 3.63) is 18.2 Å². The zero-order chi connectivity index (χ0) is 14.2. The van der Waals surface area contributed by atoms with Crippen molar-refractivity contribution >= 4 is 0 Å². The normalized spacial score (nSPS) is 27.3. The lowest BCUT2D eigenvalue weighted by Crippen LogP contribution is -2.51. The third kappa shape index (κ3) is 2.56. The van der Waals surface area contributed by atoms with Crippen molar-refractivity contribution in [2.24, 2.45) is 17.1 Å². The Labute approximate surface area is 116 Å². The van der Waals surface area contributed by atoms with Crippen LogP contribution in [0.15, 0.2) is 12.5 Å². The molecular weight excluding hydrogens is 238 g/mol. The summed E-state index contributed by atoms with van der Waals surface area (Å²) in [4.78, 5) is 4.31. The van der Waals surface area contributed by atoms with E-state index in [1.54, 1.807) is 7.11 Å². The van der Waals surface area contributed by atoms with Crippen molar-refractivity contribution in [1.29, 1.82) is 0 Å². The number of imidazole rings is 1. The Kier molecular flexibility index (Phi) is 4.02. The third-order valence-electron chi connectivity index (χ3n) is 4.55. The van der Waals surface area contributed by atoms with Crippen molar-refractivity contribution in [2.45, 2.75) is 58.7 Å². The first-order chi connectivity index (χ1) is 8.87. The molecule has 3 unspecified atom stereocenters. The smallest absolute Gasteiger partial charge is 0.0951 e. The minimum absolute atomic E-state index is 0.0693. The van der Waals surface area contributed by atoms with Gasteiger partial charge in [0, 0.05) is 30.8 Å². The van der Waals surface area contributed by atoms with Crippen LogP contribution >= 0.6 is 0 Å². The van der Waals surface area contributed by atoms with Gasteiger partial charge < -0.3 is 15.0 Å². The zero-order valence-corrected chi connectivity index (χ0v) is 12.8. The van der Waals surface area contributed by atoms with Crippen LogP contribution in [0.1, 0.15) is 58.3 Å². The fourth-order valence-corrected chi connectivity index (χ4v) is 3.23. The maximum Gasteiger partial charge on any atom is 0.0951 e. The summed E-state index contributed by atoms with van der Waals surface area (Å²) in [7, 11) is 1.79. The number of nitrogens with zero attached hydrogens (tertiary/aromatic N) is 2. The summed E-state index contributed by atoms with van der Waals surface area (Å²) >= 11 is 0. The van der Waals surface area contributed by atoms with E-state index >= 15 is 0 Å². The highest BCUT2D eigenvalue weighted by atomic mass is 16.5. The molecule has 1 aliphatic rings. The Hall–Kier alpha value is -0.870. The van der Waals surface area contributed by atoms with Gasteiger partial charge >= 0.3 is 0 Å². The highest BCUT2D eigenvalue weighted by molar-refractivity contribution is 5.12. The lowest BCUT2D eigenvalue weighted by atomic mass is 9.64. The van der Waals surface area contributed by atoms with Gasteiger partial charge in [-0.05, 0) is 18.8 Å². The van der Waals surface area contributed by atoms with Crippen molar-refractivity contribution in [3.63, 3.8) is 0 Å². The Morgan fingerprint density at radius 1 is 1.53 bits per heavy atom. The van der Waals surface area contributed by atoms with E-state index in [0.717, 1.165) is 18.5 Å². The molecule has 4 nitrogen and oxygen atoms in total. The van der Waals surface area contributed by atoms with Gasteiger partial charge in [-0.3, -0.25) is 0 Å². The van der Waals surface area contributed by atoms with E-state index in [1.165, 1.54) is 0 Å². The number of aromatic nitrogens is 2. The zero-order valence-electron chi connectivity index (χ0n) is 12.8. The molecule has 1 aliphatic carbocycles. The SMILES string of the molecule is COC1CC(n2cncc2C(N)CC(C)C)C1(C)C. The Balaban J connectivity index is 2.17. The number of methoxy groups -OCH3 is 1. The molecule has 19 heavy (non-hydrogen) atoms. The molecule has 0 saturated heterocycles. The molecule has 0 spiro atoms. The van der Waals surface area contributed by atoms with Gasteiger partial charge in [-0.2, -0.15) is 0 Å². The highest BCUT2D eigenvalue weighted by Gasteiger charge is 2.50. The van der Waals surface area contributed by atoms with Gasteiger partial charge in [0.2, 0.25) is 0 Å². The fourth-order valence-electron chi connectivity index (χ4n) is 3.23. The number of ether oxygens (including phenoxy) is 1. The average molecular weight is 265 g/mol. The molecule has 3 atom stereocenters. The van der Waals surface area contributed by atoms with Crippen LogP contribution in [0, 0.1) is 11.3 Å². The van der Waals surface area contributed by atoms with E-state index in [-0.39, 0.29) is 11.5 Å². The molecule has 4 heteroatoms. The van der Waals surface area contributed by atoms with E-state index in [1.807, 2.05) is 12.5 Å². The van der Waals surface area contributed by atoms with E-state index in [2.05, 4.69) is 37.2 Å². The van der Waals surface area contributed by atoms with Crippen LogP contribution in [0.2, 0.25) is 0 Å². The van der Waals surface area contributed by atoms with Gasteiger partial charge in [0.15, 0.2) is 0 Å². The Morgan fingerprint density at radius 3 is 2.74 bits per heavy atom. The van der Waals surface area contributed by atoms with Crippen molar-refractivity contribution in [2.75, 3.05) is 7.11 Å². The summed E-state index contributed by atoms with van der Waals surface area (Å²) in [5.74, 6) is 0.597. The standard InChI is InChI=1S/C15H27N3O/c1-10(2)6-11(16)12-8-17-9-18(12)13-7-14(19-5)15(13,3)4/h8-11,13-14H,6-7,16H2,1-5H3. The minimum Gasteiger partial charge on any atom is -0.381 e. The number of hydrogen-bond acceptors (Lipinski definition) is 3. The summed E-state index contributed by atoms with van der Waals surface area (Å²) in [6, 6.07) is 0.507. The predicted molar refractivity (Wildman–Crippen MR) is 76.8 cm³/mol. The second-order valence-corrected chi connectivity index (χ2v) is 6.76. The summed E-state index contributed by atoms with van der Waals surface area (Å²) in [5, 5.41) is 0. The Bertz CT molecular complexity index is 425. The molecule has 0 aromatic carbocycles. The number of hydrogen-bond donors (Lipinski definition) is 1. The number of rotatable bonds is 5. The van der Waals surface area contributed by atoms with E-state index in [4.69, 9.17) is 10.5 Å². The maximum absolute atomic E-state index is 6.32. The van der Waals surface area contributed by atoms with Gasteiger partial charge in [-0.15, -0.1) is 0 Å². The van der Waals surface area contributed by atoms with Crippen LogP contribution in [-0.2, 0) is 4.74 Å². The molecule has 2 rings (SSSR count). The lowest BCUT2D eigenvalue weighted by molar-refractivity contribution is -0.113. The topological polar surface area (TPSA) is 53.1 Å². The second-order valence-electron chi connectivity index (χ2n) is 6.76. The molecular formula is C15H27N3O. The summed E-state index contributed by atoms with van der Waals surface area (Å²) in [6.07, 6.45) is 6.21. The minimum atomic E-state index is 0.0693. The average Bonchev–Trinajstić information content (AvgIpc) is 2.76. The molecule has 0 radical (unpaired) electrons. The molecule has 108 valence electrons. The van der Waals surface area contributed by atoms with Crippen LogP contribution in [-0.4, -0.2) is 22.8 Å². The van der Waals surface area contributed by atoms with E-state index in [9.17, 15) is 0 Å². The van der Waals surface area contributed by atoms with Gasteiger partial charge in [0.25, 0.3) is 0 Å². The molecule has 0 bridgehead atoms. The van der Waals surface area contributed by atoms with Gasteiger partial charge in [-0.1, -0.05) is 27.7 Å². The molecule has 1 aromatic heterocycles. The molecule has 0 aliphatic heterocycles. The van der Waals surface area contributed by atoms with Crippen LogP contribution in [0.3, 0.4) is 0 Å². The first kappa shape index (κ1) is 14.5. The number of nitrogens with two attached hydrogens (primary N) is 1. The highest BCUT2D eigenvalue weighted by Crippen LogP contribution is 2.51. The Morgan fingerprint density at radius 2 is 2.21 bits per heavy atom. The molecule has 1 heterocycles. The van der Waals surface area contributed by atoms with Crippen LogP contribution in [0.4, 0.5) is 0 Å². The monoisotopic (exact) mass is 265 g/mol. The van der Waals surface area contributed by atoms with E-state index in [0.29, 0.717) is 18.1 Å². The van der Waals surface area contributed by atoms with Crippen LogP contribution < -0.4 is 5.73 Å². The van der Waals surface area contributed by atoms with Gasteiger partial charge in [0.05, 0.1) is 18.1 Å². The van der Waals surface area contributed by atoms with Gasteiger partial charge in [0.1, 0.15) is 0 Å². The molecule has 1 fully saturated rings. The molecule has 1 saturated carbocycles. The second kappa shape index (κ2) is 5.25. The van der Waals surface area contributed by atoms with Crippen molar-refractivity contribution < 1.29 is 4.74 Å². The summed E-state index contributed by atoms with van der Waals surface area (Å²) in [5.41, 5.74) is 7.62. The predicted octanol–water partition coefficient (Wildman–Crippen LogP) is 2.92. The quantitative estimate of drug-likeness (QED) is 0.890. The van der Waals surface area contributed by atoms with Crippen LogP contribution in [0.25, 0.3) is 0 Å². The first-order valence-electron chi connectivity index (χ1n) is 7.18. The first-order valence-corrected chi connectivity index (χ1v) is 7.18. The van der Waals surface area contributed by atoms with Gasteiger partial charge in [-0.25, -0.2) is 4.98 Å². The molecule has 0 amide bonds. The summed E-state index contributed by atoms with van der Waals surface area (Å²) < 4.78 is 7.80. The van der Waals surface area contributed by atoms with Crippen LogP contribution in [0.5, 0.6) is 0 Å².